The molecule has 4 aromatic rings. The lowest BCUT2D eigenvalue weighted by molar-refractivity contribution is 0.461. The van der Waals surface area contributed by atoms with Crippen molar-refractivity contribution in [3.8, 4) is 11.5 Å². The molecule has 145 valence electrons. The van der Waals surface area contributed by atoms with Gasteiger partial charge in [0.2, 0.25) is 0 Å². The first-order valence-corrected chi connectivity index (χ1v) is 11.1. The Balaban J connectivity index is 1.27. The lowest BCUT2D eigenvalue weighted by Crippen LogP contribution is -2.12. The van der Waals surface area contributed by atoms with Gasteiger partial charge in [0.15, 0.2) is 0 Å². The molecular weight excluding hydrogens is 385 g/mol. The highest BCUT2D eigenvalue weighted by molar-refractivity contribution is 6.21. The van der Waals surface area contributed by atoms with Crippen LogP contribution in [0.3, 0.4) is 0 Å². The van der Waals surface area contributed by atoms with Crippen molar-refractivity contribution in [1.82, 2.24) is 4.98 Å². The summed E-state index contributed by atoms with van der Waals surface area (Å²) >= 11 is -0.679. The van der Waals surface area contributed by atoms with E-state index in [-0.39, 0.29) is 0 Å². The molecule has 1 aromatic heterocycles. The zero-order chi connectivity index (χ0) is 20.3. The van der Waals surface area contributed by atoms with Crippen molar-refractivity contribution in [2.24, 2.45) is 0 Å². The number of allylic oxidation sites excluding steroid dienone is 1. The normalized spacial score (nSPS) is 14.9. The fraction of sp³-hybridized carbons (Fsp3) is 0.115. The van der Waals surface area contributed by atoms with E-state index in [9.17, 15) is 0 Å². The molecule has 0 saturated carbocycles. The molecule has 0 N–H and O–H groups in total. The van der Waals surface area contributed by atoms with Crippen LogP contribution in [0.15, 0.2) is 84.9 Å². The topological polar surface area (TPSA) is 31.4 Å². The van der Waals surface area contributed by atoms with E-state index in [1.807, 2.05) is 37.3 Å². The summed E-state index contributed by atoms with van der Waals surface area (Å²) in [6.07, 6.45) is 5.51. The van der Waals surface area contributed by atoms with Crippen LogP contribution in [0, 0.1) is 6.92 Å². The summed E-state index contributed by atoms with van der Waals surface area (Å²) in [6, 6.07) is 27.0. The van der Waals surface area contributed by atoms with Gasteiger partial charge in [-0.2, -0.15) is 0 Å². The lowest BCUT2D eigenvalue weighted by Gasteiger charge is -2.20. The van der Waals surface area contributed by atoms with E-state index in [0.717, 1.165) is 34.5 Å². The zero-order valence-electron chi connectivity index (χ0n) is 16.8. The molecule has 1 heterocycles. The minimum Gasteiger partial charge on any atom is -0.616 e. The molecule has 3 aromatic carbocycles. The van der Waals surface area contributed by atoms with Crippen molar-refractivity contribution in [2.75, 3.05) is 0 Å². The summed E-state index contributed by atoms with van der Waals surface area (Å²) in [6.45, 7) is 1.99. The SMILES string of the molecule is Cc1ccc2cccc([O][Al][O]c3ccc4c(c3)C=CC(c3ccccc3)C4)c2n1. The molecule has 0 aliphatic heterocycles. The van der Waals surface area contributed by atoms with Gasteiger partial charge in [-0.1, -0.05) is 66.7 Å². The molecule has 0 bridgehead atoms. The first kappa shape index (κ1) is 18.9. The third-order valence-corrected chi connectivity index (χ3v) is 6.19. The highest BCUT2D eigenvalue weighted by Gasteiger charge is 2.17. The Morgan fingerprint density at radius 1 is 0.900 bits per heavy atom. The molecule has 4 heteroatoms. The van der Waals surface area contributed by atoms with Gasteiger partial charge in [-0.3, -0.25) is 0 Å². The number of rotatable bonds is 5. The summed E-state index contributed by atoms with van der Waals surface area (Å²) in [5, 5.41) is 1.07. The number of nitrogens with zero attached hydrogens (tertiary/aromatic N) is 1. The molecule has 1 unspecified atom stereocenters. The van der Waals surface area contributed by atoms with Gasteiger partial charge in [-0.15, -0.1) is 0 Å². The number of aromatic nitrogens is 1. The molecule has 5 rings (SSSR count). The molecule has 1 aliphatic rings. The van der Waals surface area contributed by atoms with Gasteiger partial charge in [0.25, 0.3) is 0 Å². The van der Waals surface area contributed by atoms with E-state index in [4.69, 9.17) is 7.58 Å². The Labute approximate surface area is 183 Å². The predicted octanol–water partition coefficient (Wildman–Crippen LogP) is 5.89. The minimum absolute atomic E-state index is 0.432. The second-order valence-corrected chi connectivity index (χ2v) is 8.22. The largest absolute Gasteiger partial charge is 0.881 e. The van der Waals surface area contributed by atoms with E-state index < -0.39 is 15.9 Å². The quantitative estimate of drug-likeness (QED) is 0.387. The Hall–Kier alpha value is -3.06. The number of aryl methyl sites for hydroxylation is 1. The minimum atomic E-state index is -0.679. The molecular formula is C26H21AlNO2. The summed E-state index contributed by atoms with van der Waals surface area (Å²) in [5.74, 6) is 2.05. The van der Waals surface area contributed by atoms with Crippen molar-refractivity contribution in [2.45, 2.75) is 19.3 Å². The molecule has 1 aliphatic carbocycles. The van der Waals surface area contributed by atoms with E-state index in [1.165, 1.54) is 16.7 Å². The van der Waals surface area contributed by atoms with E-state index >= 15 is 0 Å². The van der Waals surface area contributed by atoms with Crippen LogP contribution in [0.4, 0.5) is 0 Å². The second-order valence-electron chi connectivity index (χ2n) is 7.55. The molecule has 0 spiro atoms. The molecule has 0 amide bonds. The third-order valence-electron chi connectivity index (χ3n) is 5.47. The van der Waals surface area contributed by atoms with Gasteiger partial charge >= 0.3 is 15.9 Å². The Morgan fingerprint density at radius 2 is 1.80 bits per heavy atom. The van der Waals surface area contributed by atoms with Crippen molar-refractivity contribution in [3.63, 3.8) is 0 Å². The maximum Gasteiger partial charge on any atom is 0.881 e. The standard InChI is InChI=1S/C16H14O.C10H9NO.Al/c17-16-9-8-14-10-13(6-7-15(14)11-16)12-4-2-1-3-5-12;1-7-5-6-8-3-2-4-9(12)10(8)11-7;/h1-9,11,13,17H,10H2;2-6,12H,1H3;/q;;+2/p-2. The monoisotopic (exact) mass is 406 g/mol. The van der Waals surface area contributed by atoms with Crippen LogP contribution in [-0.2, 0) is 6.42 Å². The van der Waals surface area contributed by atoms with E-state index in [2.05, 4.69) is 65.7 Å². The molecule has 0 fully saturated rings. The van der Waals surface area contributed by atoms with Crippen LogP contribution in [0.1, 0.15) is 28.3 Å². The third kappa shape index (κ3) is 3.98. The summed E-state index contributed by atoms with van der Waals surface area (Å²) in [7, 11) is 0. The van der Waals surface area contributed by atoms with Crippen LogP contribution in [-0.4, -0.2) is 20.9 Å². The van der Waals surface area contributed by atoms with Gasteiger partial charge in [-0.25, -0.2) is 4.98 Å². The average molecular weight is 406 g/mol. The van der Waals surface area contributed by atoms with Gasteiger partial charge < -0.3 is 7.58 Å². The number of hydrogen-bond donors (Lipinski definition) is 0. The predicted molar refractivity (Wildman–Crippen MR) is 122 cm³/mol. The molecule has 1 radical (unpaired) electrons. The van der Waals surface area contributed by atoms with Gasteiger partial charge in [0.1, 0.15) is 11.3 Å². The summed E-state index contributed by atoms with van der Waals surface area (Å²) < 4.78 is 11.9. The van der Waals surface area contributed by atoms with Crippen LogP contribution in [0.5, 0.6) is 11.5 Å². The van der Waals surface area contributed by atoms with Gasteiger partial charge in [0.05, 0.1) is 5.75 Å². The lowest BCUT2D eigenvalue weighted by atomic mass is 9.85. The molecule has 30 heavy (non-hydrogen) atoms. The Kier molecular flexibility index (Phi) is 5.28. The van der Waals surface area contributed by atoms with Crippen LogP contribution in [0.2, 0.25) is 0 Å². The Morgan fingerprint density at radius 3 is 2.70 bits per heavy atom. The number of para-hydroxylation sites is 1. The van der Waals surface area contributed by atoms with E-state index in [1.54, 1.807) is 0 Å². The second kappa shape index (κ2) is 8.36. The highest BCUT2D eigenvalue weighted by atomic mass is 27.2. The molecule has 0 saturated heterocycles. The first-order valence-electron chi connectivity index (χ1n) is 10.1. The van der Waals surface area contributed by atoms with Crippen molar-refractivity contribution >= 4 is 32.9 Å². The highest BCUT2D eigenvalue weighted by Crippen LogP contribution is 2.32. The fourth-order valence-electron chi connectivity index (χ4n) is 3.89. The van der Waals surface area contributed by atoms with Crippen LogP contribution >= 0.6 is 0 Å². The van der Waals surface area contributed by atoms with Crippen molar-refractivity contribution in [3.05, 3.63) is 107 Å². The van der Waals surface area contributed by atoms with E-state index in [0.29, 0.717) is 5.92 Å². The maximum absolute atomic E-state index is 5.98. The Bertz CT molecular complexity index is 1220. The van der Waals surface area contributed by atoms with Crippen molar-refractivity contribution in [1.29, 1.82) is 0 Å². The number of fused-ring (bicyclic) bond motifs is 2. The number of hydrogen-bond acceptors (Lipinski definition) is 3. The zero-order valence-corrected chi connectivity index (χ0v) is 17.9. The first-order chi connectivity index (χ1) is 14.8. The van der Waals surface area contributed by atoms with Gasteiger partial charge in [-0.05, 0) is 54.3 Å². The number of pyridine rings is 1. The van der Waals surface area contributed by atoms with Crippen LogP contribution < -0.4 is 7.58 Å². The molecule has 1 atom stereocenters. The molecule has 3 nitrogen and oxygen atoms in total. The summed E-state index contributed by atoms with van der Waals surface area (Å²) in [4.78, 5) is 4.61. The smallest absolute Gasteiger partial charge is 0.616 e. The average Bonchev–Trinajstić information content (AvgIpc) is 2.79. The van der Waals surface area contributed by atoms with Crippen LogP contribution in [0.25, 0.3) is 17.0 Å². The summed E-state index contributed by atoms with van der Waals surface area (Å²) in [5.41, 5.74) is 5.79. The van der Waals surface area contributed by atoms with Gasteiger partial charge in [0, 0.05) is 17.0 Å². The number of benzene rings is 3. The van der Waals surface area contributed by atoms with Crippen molar-refractivity contribution < 1.29 is 7.58 Å². The fourth-order valence-corrected chi connectivity index (χ4v) is 4.49. The maximum atomic E-state index is 5.98.